The van der Waals surface area contributed by atoms with E-state index in [2.05, 4.69) is 0 Å². The first kappa shape index (κ1) is 31.1. The highest BCUT2D eigenvalue weighted by Crippen LogP contribution is 2.54. The first-order valence-corrected chi connectivity index (χ1v) is 14.2. The third kappa shape index (κ3) is 7.11. The van der Waals surface area contributed by atoms with Crippen LogP contribution in [0.1, 0.15) is 64.4 Å². The van der Waals surface area contributed by atoms with Crippen LogP contribution >= 0.6 is 11.9 Å². The topological polar surface area (TPSA) is 53.0 Å². The molecule has 0 radical (unpaired) electrons. The predicted molar refractivity (Wildman–Crippen MR) is 137 cm³/mol. The summed E-state index contributed by atoms with van der Waals surface area (Å²) in [6, 6.07) is 2.37. The lowest BCUT2D eigenvalue weighted by Crippen LogP contribution is -2.38. The number of likely N-dealkylation sites (N-methyl/N-ethyl adjacent to an activating group) is 1. The van der Waals surface area contributed by atoms with Crippen molar-refractivity contribution in [1.82, 2.24) is 4.31 Å². The molecule has 4 aliphatic rings. The van der Waals surface area contributed by atoms with E-state index in [-0.39, 0.29) is 49.5 Å². The van der Waals surface area contributed by atoms with E-state index >= 15 is 0 Å². The Morgan fingerprint density at radius 3 is 2.15 bits per heavy atom. The normalized spacial score (nSPS) is 27.2. The van der Waals surface area contributed by atoms with Crippen LogP contribution < -0.4 is 9.64 Å². The molecule has 5 nitrogen and oxygen atoms in total. The van der Waals surface area contributed by atoms with Crippen molar-refractivity contribution in [3.63, 3.8) is 0 Å². The van der Waals surface area contributed by atoms with Gasteiger partial charge in [0.05, 0.1) is 16.1 Å². The number of aliphatic carboxylic acids is 1. The first-order valence-electron chi connectivity index (χ1n) is 13.5. The Balaban J connectivity index is 0.000000557. The number of ether oxygens (including phenoxy) is 1. The van der Waals surface area contributed by atoms with Crippen LogP contribution in [0.15, 0.2) is 17.0 Å². The molecule has 2 atom stereocenters. The Labute approximate surface area is 233 Å². The third-order valence-electron chi connectivity index (χ3n) is 8.40. The van der Waals surface area contributed by atoms with E-state index in [1.807, 2.05) is 16.3 Å². The third-order valence-corrected chi connectivity index (χ3v) is 9.41. The molecule has 1 heterocycles. The van der Waals surface area contributed by atoms with Crippen molar-refractivity contribution >= 4 is 23.6 Å². The van der Waals surface area contributed by atoms with Crippen molar-refractivity contribution in [3.8, 4) is 5.75 Å². The van der Waals surface area contributed by atoms with Gasteiger partial charge >= 0.3 is 12.1 Å². The SMILES string of the molecule is CCC(C)(F)F.CN1CCN(C2CC3CC(F)(F)CC3C2)c2cc(C(F)(F)F)c(OCC3(C(=O)O)CC3)cc2S1. The van der Waals surface area contributed by atoms with Crippen LogP contribution in [-0.4, -0.2) is 60.0 Å². The number of alkyl halides is 7. The van der Waals surface area contributed by atoms with Gasteiger partial charge in [0.25, 0.3) is 0 Å². The summed E-state index contributed by atoms with van der Waals surface area (Å²) in [5.74, 6) is -6.74. The average Bonchev–Trinajstić information content (AvgIpc) is 3.49. The predicted octanol–water partition coefficient (Wildman–Crippen LogP) is 7.58. The summed E-state index contributed by atoms with van der Waals surface area (Å²) in [4.78, 5) is 14.0. The van der Waals surface area contributed by atoms with Crippen molar-refractivity contribution in [2.45, 2.75) is 87.8 Å². The van der Waals surface area contributed by atoms with Gasteiger partial charge in [-0.1, -0.05) is 6.92 Å². The number of anilines is 1. The first-order chi connectivity index (χ1) is 18.4. The second-order valence-electron chi connectivity index (χ2n) is 11.7. The van der Waals surface area contributed by atoms with Crippen LogP contribution in [0.4, 0.5) is 36.4 Å². The molecule has 0 amide bonds. The van der Waals surface area contributed by atoms with Crippen molar-refractivity contribution in [2.24, 2.45) is 17.3 Å². The van der Waals surface area contributed by atoms with E-state index in [4.69, 9.17) is 4.74 Å². The number of fused-ring (bicyclic) bond motifs is 2. The van der Waals surface area contributed by atoms with Crippen molar-refractivity contribution < 1.29 is 45.4 Å². The summed E-state index contributed by atoms with van der Waals surface area (Å²) in [6.07, 6.45) is -3.18. The van der Waals surface area contributed by atoms with Crippen molar-refractivity contribution in [1.29, 1.82) is 0 Å². The van der Waals surface area contributed by atoms with Crippen molar-refractivity contribution in [3.05, 3.63) is 17.7 Å². The molecule has 40 heavy (non-hydrogen) atoms. The molecule has 1 aromatic carbocycles. The van der Waals surface area contributed by atoms with Gasteiger partial charge in [0.15, 0.2) is 0 Å². The molecular formula is C27H35F7N2O3S. The molecule has 226 valence electrons. The Bertz CT molecular complexity index is 1080. The number of hydrogen-bond acceptors (Lipinski definition) is 5. The molecular weight excluding hydrogens is 565 g/mol. The summed E-state index contributed by atoms with van der Waals surface area (Å²) in [5, 5.41) is 9.36. The van der Waals surface area contributed by atoms with E-state index in [9.17, 15) is 40.6 Å². The molecule has 0 saturated heterocycles. The molecule has 0 spiro atoms. The number of rotatable bonds is 6. The molecule has 0 aromatic heterocycles. The Morgan fingerprint density at radius 2 is 1.68 bits per heavy atom. The minimum Gasteiger partial charge on any atom is -0.492 e. The van der Waals surface area contributed by atoms with Crippen LogP contribution in [0.25, 0.3) is 0 Å². The fourth-order valence-corrected chi connectivity index (χ4v) is 6.66. The summed E-state index contributed by atoms with van der Waals surface area (Å²) < 4.78 is 100. The Morgan fingerprint density at radius 1 is 1.10 bits per heavy atom. The van der Waals surface area contributed by atoms with Gasteiger partial charge in [-0.2, -0.15) is 13.2 Å². The molecule has 1 aliphatic heterocycles. The summed E-state index contributed by atoms with van der Waals surface area (Å²) in [5.41, 5.74) is -1.62. The quantitative estimate of drug-likeness (QED) is 0.268. The lowest BCUT2D eigenvalue weighted by molar-refractivity contribution is -0.144. The Hall–Kier alpha value is -1.89. The standard InChI is InChI=1S/C23H27F5N2O3S.C4H8F2/c1-29-4-5-30(15-6-13-10-22(24,25)11-14(13)7-15)17-8-16(23(26,27)28)18(9-19(17)34-29)33-12-21(2-3-21)20(31)32;1-3-4(2,5)6/h8-9,13-15H,2-7,10-12H2,1H3,(H,31,32);3H2,1-2H3. The monoisotopic (exact) mass is 600 g/mol. The van der Waals surface area contributed by atoms with Gasteiger partial charge in [0, 0.05) is 38.4 Å². The van der Waals surface area contributed by atoms with Gasteiger partial charge in [-0.15, -0.1) is 0 Å². The van der Waals surface area contributed by atoms with Gasteiger partial charge in [-0.25, -0.2) is 21.9 Å². The van der Waals surface area contributed by atoms with Gasteiger partial charge in [0.1, 0.15) is 17.8 Å². The minimum absolute atomic E-state index is 0.0625. The number of nitrogens with zero attached hydrogens (tertiary/aromatic N) is 2. The van der Waals surface area contributed by atoms with Crippen LogP contribution in [0.3, 0.4) is 0 Å². The highest BCUT2D eigenvalue weighted by atomic mass is 32.2. The van der Waals surface area contributed by atoms with E-state index in [0.29, 0.717) is 49.4 Å². The van der Waals surface area contributed by atoms with Crippen molar-refractivity contribution in [2.75, 3.05) is 31.6 Å². The zero-order valence-electron chi connectivity index (χ0n) is 22.7. The Kier molecular flexibility index (Phi) is 8.60. The molecule has 13 heteroatoms. The number of benzene rings is 1. The van der Waals surface area contributed by atoms with E-state index in [0.717, 1.165) is 13.0 Å². The van der Waals surface area contributed by atoms with Crippen LogP contribution in [0, 0.1) is 17.3 Å². The second-order valence-corrected chi connectivity index (χ2v) is 12.9. The molecule has 0 bridgehead atoms. The molecule has 1 N–H and O–H groups in total. The molecule has 3 saturated carbocycles. The maximum Gasteiger partial charge on any atom is 0.420 e. The number of carboxylic acid groups (broad SMARTS) is 1. The highest BCUT2D eigenvalue weighted by Gasteiger charge is 2.53. The average molecular weight is 601 g/mol. The fourth-order valence-electron chi connectivity index (χ4n) is 5.72. The number of hydrogen-bond donors (Lipinski definition) is 1. The fraction of sp³-hybridized carbons (Fsp3) is 0.741. The molecule has 1 aromatic rings. The van der Waals surface area contributed by atoms with E-state index in [1.54, 1.807) is 0 Å². The zero-order valence-corrected chi connectivity index (χ0v) is 23.5. The van der Waals surface area contributed by atoms with E-state index in [1.165, 1.54) is 24.9 Å². The lowest BCUT2D eigenvalue weighted by Gasteiger charge is -2.32. The number of halogens is 7. The number of carbonyl (C=O) groups is 1. The lowest BCUT2D eigenvalue weighted by atomic mass is 10.0. The molecule has 3 aliphatic carbocycles. The second kappa shape index (κ2) is 11.1. The summed E-state index contributed by atoms with van der Waals surface area (Å²) >= 11 is 1.31. The maximum absolute atomic E-state index is 14.1. The molecule has 3 fully saturated rings. The zero-order chi connectivity index (χ0) is 29.7. The summed E-state index contributed by atoms with van der Waals surface area (Å²) in [6.45, 7) is 3.15. The van der Waals surface area contributed by atoms with Crippen LogP contribution in [0.2, 0.25) is 0 Å². The largest absolute Gasteiger partial charge is 0.492 e. The van der Waals surface area contributed by atoms with Crippen LogP contribution in [0.5, 0.6) is 5.75 Å². The highest BCUT2D eigenvalue weighted by molar-refractivity contribution is 7.97. The van der Waals surface area contributed by atoms with Gasteiger partial charge < -0.3 is 14.7 Å². The van der Waals surface area contributed by atoms with Crippen LogP contribution in [-0.2, 0) is 11.0 Å². The maximum atomic E-state index is 14.1. The number of carboxylic acids is 1. The van der Waals surface area contributed by atoms with Gasteiger partial charge in [-0.05, 0) is 75.6 Å². The smallest absolute Gasteiger partial charge is 0.420 e. The van der Waals surface area contributed by atoms with Gasteiger partial charge in [-0.3, -0.25) is 4.79 Å². The minimum atomic E-state index is -4.69. The summed E-state index contributed by atoms with van der Waals surface area (Å²) in [7, 11) is 1.85. The molecule has 2 unspecified atom stereocenters. The van der Waals surface area contributed by atoms with Gasteiger partial charge in [0.2, 0.25) is 11.8 Å². The molecule has 5 rings (SSSR count). The van der Waals surface area contributed by atoms with E-state index < -0.39 is 35.0 Å².